The van der Waals surface area contributed by atoms with Gasteiger partial charge in [-0.1, -0.05) is 13.8 Å². The van der Waals surface area contributed by atoms with Gasteiger partial charge in [-0.25, -0.2) is 0 Å². The van der Waals surface area contributed by atoms with Gasteiger partial charge in [0.25, 0.3) is 0 Å². The molecule has 0 saturated carbocycles. The first-order valence-electron chi connectivity index (χ1n) is 6.67. The molecule has 0 amide bonds. The van der Waals surface area contributed by atoms with Gasteiger partial charge in [0.05, 0.1) is 6.54 Å². The zero-order chi connectivity index (χ0) is 13.4. The van der Waals surface area contributed by atoms with E-state index in [1.807, 2.05) is 12.1 Å². The molecule has 4 heteroatoms. The van der Waals surface area contributed by atoms with Crippen LogP contribution in [0.25, 0.3) is 11.0 Å². The summed E-state index contributed by atoms with van der Waals surface area (Å²) in [7, 11) is 0. The van der Waals surface area contributed by atoms with Crippen molar-refractivity contribution < 1.29 is 13.9 Å². The maximum atomic E-state index is 5.91. The number of fused-ring (bicyclic) bond motifs is 2. The van der Waals surface area contributed by atoms with Gasteiger partial charge in [-0.3, -0.25) is 0 Å². The third-order valence-electron chi connectivity index (χ3n) is 3.37. The summed E-state index contributed by atoms with van der Waals surface area (Å²) in [5.41, 5.74) is 2.03. The van der Waals surface area contributed by atoms with E-state index in [0.29, 0.717) is 12.7 Å². The molecule has 1 aliphatic rings. The first kappa shape index (κ1) is 12.4. The van der Waals surface area contributed by atoms with Gasteiger partial charge >= 0.3 is 0 Å². The number of ether oxygens (including phenoxy) is 2. The normalized spacial score (nSPS) is 13.7. The number of hydrogen-bond donors (Lipinski definition) is 1. The van der Waals surface area contributed by atoms with Gasteiger partial charge in [0.1, 0.15) is 11.3 Å². The largest absolute Gasteiger partial charge is 0.459 e. The molecule has 3 rings (SSSR count). The Morgan fingerprint density at radius 2 is 1.95 bits per heavy atom. The van der Waals surface area contributed by atoms with Crippen LogP contribution in [0, 0.1) is 12.8 Å². The fourth-order valence-electron chi connectivity index (χ4n) is 2.30. The molecular formula is C15H19NO3. The molecule has 19 heavy (non-hydrogen) atoms. The summed E-state index contributed by atoms with van der Waals surface area (Å²) in [6.07, 6.45) is 0. The van der Waals surface area contributed by atoms with Gasteiger partial charge < -0.3 is 19.2 Å². The average molecular weight is 261 g/mol. The number of nitrogens with one attached hydrogen (secondary N) is 1. The van der Waals surface area contributed by atoms with Crippen LogP contribution in [0.1, 0.15) is 25.2 Å². The summed E-state index contributed by atoms with van der Waals surface area (Å²) in [6, 6.07) is 3.92. The minimum atomic E-state index is 0.295. The Morgan fingerprint density at radius 3 is 2.68 bits per heavy atom. The van der Waals surface area contributed by atoms with Gasteiger partial charge in [-0.2, -0.15) is 0 Å². The first-order chi connectivity index (χ1) is 9.15. The summed E-state index contributed by atoms with van der Waals surface area (Å²) in [6.45, 7) is 8.50. The van der Waals surface area contributed by atoms with E-state index in [-0.39, 0.29) is 0 Å². The van der Waals surface area contributed by atoms with Crippen LogP contribution in [0.4, 0.5) is 0 Å². The SMILES string of the molecule is Cc1c(CNCC(C)C)oc2cc3c(cc12)OCO3. The monoisotopic (exact) mass is 261 g/mol. The lowest BCUT2D eigenvalue weighted by Crippen LogP contribution is -2.18. The third kappa shape index (κ3) is 2.28. The van der Waals surface area contributed by atoms with Crippen LogP contribution in [0.3, 0.4) is 0 Å². The van der Waals surface area contributed by atoms with E-state index in [1.54, 1.807) is 0 Å². The molecule has 0 saturated heterocycles. The van der Waals surface area contributed by atoms with Crippen molar-refractivity contribution in [2.75, 3.05) is 13.3 Å². The highest BCUT2D eigenvalue weighted by atomic mass is 16.7. The second-order valence-corrected chi connectivity index (χ2v) is 5.38. The van der Waals surface area contributed by atoms with Crippen molar-refractivity contribution in [2.45, 2.75) is 27.3 Å². The Labute approximate surface area is 112 Å². The molecule has 0 spiro atoms. The van der Waals surface area contributed by atoms with Crippen LogP contribution in [0.5, 0.6) is 11.5 Å². The number of hydrogen-bond acceptors (Lipinski definition) is 4. The highest BCUT2D eigenvalue weighted by Crippen LogP contribution is 2.38. The number of rotatable bonds is 4. The molecule has 0 fully saturated rings. The van der Waals surface area contributed by atoms with Crippen molar-refractivity contribution >= 4 is 11.0 Å². The second-order valence-electron chi connectivity index (χ2n) is 5.38. The van der Waals surface area contributed by atoms with Crippen molar-refractivity contribution in [3.63, 3.8) is 0 Å². The lowest BCUT2D eigenvalue weighted by molar-refractivity contribution is 0.174. The van der Waals surface area contributed by atoms with Gasteiger partial charge in [0, 0.05) is 11.5 Å². The van der Waals surface area contributed by atoms with E-state index < -0.39 is 0 Å². The number of benzene rings is 1. The third-order valence-corrected chi connectivity index (χ3v) is 3.37. The van der Waals surface area contributed by atoms with Crippen LogP contribution in [-0.4, -0.2) is 13.3 Å². The van der Waals surface area contributed by atoms with Crippen LogP contribution in [0.2, 0.25) is 0 Å². The molecule has 1 aromatic heterocycles. The number of aryl methyl sites for hydroxylation is 1. The van der Waals surface area contributed by atoms with Gasteiger partial charge in [0.15, 0.2) is 11.5 Å². The van der Waals surface area contributed by atoms with Crippen LogP contribution < -0.4 is 14.8 Å². The Bertz CT molecular complexity index is 601. The molecule has 0 aliphatic carbocycles. The van der Waals surface area contributed by atoms with E-state index in [1.165, 1.54) is 5.56 Å². The molecule has 2 aromatic rings. The summed E-state index contributed by atoms with van der Waals surface area (Å²) in [5.74, 6) is 3.19. The van der Waals surface area contributed by atoms with E-state index in [0.717, 1.165) is 41.3 Å². The molecule has 1 N–H and O–H groups in total. The molecular weight excluding hydrogens is 242 g/mol. The molecule has 102 valence electrons. The minimum absolute atomic E-state index is 0.295. The molecule has 1 aliphatic heterocycles. The fraction of sp³-hybridized carbons (Fsp3) is 0.467. The maximum absolute atomic E-state index is 5.91. The smallest absolute Gasteiger partial charge is 0.231 e. The van der Waals surface area contributed by atoms with Crippen molar-refractivity contribution in [2.24, 2.45) is 5.92 Å². The van der Waals surface area contributed by atoms with Gasteiger partial charge in [-0.15, -0.1) is 0 Å². The second kappa shape index (κ2) is 4.78. The van der Waals surface area contributed by atoms with E-state index >= 15 is 0 Å². The predicted octanol–water partition coefficient (Wildman–Crippen LogP) is 3.22. The Hall–Kier alpha value is -1.68. The molecule has 0 radical (unpaired) electrons. The maximum Gasteiger partial charge on any atom is 0.231 e. The minimum Gasteiger partial charge on any atom is -0.459 e. The highest BCUT2D eigenvalue weighted by molar-refractivity contribution is 5.85. The Kier molecular flexibility index (Phi) is 3.11. The quantitative estimate of drug-likeness (QED) is 0.917. The predicted molar refractivity (Wildman–Crippen MR) is 73.6 cm³/mol. The molecule has 1 aromatic carbocycles. The Balaban J connectivity index is 1.88. The van der Waals surface area contributed by atoms with Gasteiger partial charge in [-0.05, 0) is 31.0 Å². The van der Waals surface area contributed by atoms with Crippen molar-refractivity contribution in [1.82, 2.24) is 5.32 Å². The molecule has 0 unspecified atom stereocenters. The summed E-state index contributed by atoms with van der Waals surface area (Å²) in [4.78, 5) is 0. The summed E-state index contributed by atoms with van der Waals surface area (Å²) >= 11 is 0. The molecule has 2 heterocycles. The number of furan rings is 1. The summed E-state index contributed by atoms with van der Waals surface area (Å²) in [5, 5.41) is 4.51. The molecule has 0 bridgehead atoms. The van der Waals surface area contributed by atoms with E-state index in [4.69, 9.17) is 13.9 Å². The topological polar surface area (TPSA) is 43.6 Å². The Morgan fingerprint density at radius 1 is 1.21 bits per heavy atom. The van der Waals surface area contributed by atoms with Crippen LogP contribution in [-0.2, 0) is 6.54 Å². The van der Waals surface area contributed by atoms with E-state index in [9.17, 15) is 0 Å². The lowest BCUT2D eigenvalue weighted by Gasteiger charge is -2.05. The van der Waals surface area contributed by atoms with Crippen LogP contribution >= 0.6 is 0 Å². The lowest BCUT2D eigenvalue weighted by atomic mass is 10.1. The zero-order valence-corrected chi connectivity index (χ0v) is 11.6. The highest BCUT2D eigenvalue weighted by Gasteiger charge is 2.18. The summed E-state index contributed by atoms with van der Waals surface area (Å²) < 4.78 is 16.7. The molecule has 4 nitrogen and oxygen atoms in total. The van der Waals surface area contributed by atoms with Gasteiger partial charge in [0.2, 0.25) is 6.79 Å². The van der Waals surface area contributed by atoms with Crippen molar-refractivity contribution in [3.8, 4) is 11.5 Å². The van der Waals surface area contributed by atoms with E-state index in [2.05, 4.69) is 26.1 Å². The standard InChI is InChI=1S/C15H19NO3/c1-9(2)6-16-7-15-10(3)11-4-13-14(18-8-17-13)5-12(11)19-15/h4-5,9,16H,6-8H2,1-3H3. The first-order valence-corrected chi connectivity index (χ1v) is 6.67. The molecule has 0 atom stereocenters. The zero-order valence-electron chi connectivity index (χ0n) is 11.6. The fourth-order valence-corrected chi connectivity index (χ4v) is 2.30. The average Bonchev–Trinajstić information content (AvgIpc) is 2.92. The van der Waals surface area contributed by atoms with Crippen molar-refractivity contribution in [3.05, 3.63) is 23.5 Å². The van der Waals surface area contributed by atoms with Crippen molar-refractivity contribution in [1.29, 1.82) is 0 Å². The van der Waals surface area contributed by atoms with Crippen LogP contribution in [0.15, 0.2) is 16.5 Å².